The second-order valence-corrected chi connectivity index (χ2v) is 7.50. The van der Waals surface area contributed by atoms with Crippen LogP contribution in [0.4, 0.5) is 10.6 Å². The van der Waals surface area contributed by atoms with Crippen molar-refractivity contribution in [2.24, 2.45) is 0 Å². The van der Waals surface area contributed by atoms with Crippen molar-refractivity contribution in [3.05, 3.63) is 71.9 Å². The zero-order chi connectivity index (χ0) is 19.5. The average Bonchev–Trinajstić information content (AvgIpc) is 3.21. The van der Waals surface area contributed by atoms with Gasteiger partial charge in [0.05, 0.1) is 6.04 Å². The molecule has 1 unspecified atom stereocenters. The number of pyridine rings is 1. The molecule has 4 rings (SSSR count). The van der Waals surface area contributed by atoms with Crippen LogP contribution in [-0.4, -0.2) is 36.6 Å². The first-order chi connectivity index (χ1) is 13.6. The maximum absolute atomic E-state index is 12.9. The van der Waals surface area contributed by atoms with Crippen molar-refractivity contribution < 1.29 is 4.79 Å². The maximum atomic E-state index is 12.9. The monoisotopic (exact) mass is 374 g/mol. The lowest BCUT2D eigenvalue weighted by Crippen LogP contribution is -2.39. The first kappa shape index (κ1) is 18.3. The molecule has 144 valence electrons. The van der Waals surface area contributed by atoms with Crippen LogP contribution in [0.25, 0.3) is 10.8 Å². The van der Waals surface area contributed by atoms with Gasteiger partial charge in [0, 0.05) is 33.4 Å². The van der Waals surface area contributed by atoms with Gasteiger partial charge in [-0.2, -0.15) is 0 Å². The third-order valence-electron chi connectivity index (χ3n) is 5.41. The van der Waals surface area contributed by atoms with E-state index in [1.165, 1.54) is 16.3 Å². The molecule has 2 aromatic carbocycles. The number of anilines is 1. The van der Waals surface area contributed by atoms with E-state index in [9.17, 15) is 4.79 Å². The number of nitrogens with zero attached hydrogens (tertiary/aromatic N) is 3. The summed E-state index contributed by atoms with van der Waals surface area (Å²) >= 11 is 0. The summed E-state index contributed by atoms with van der Waals surface area (Å²) in [4.78, 5) is 21.2. The van der Waals surface area contributed by atoms with Crippen LogP contribution >= 0.6 is 0 Å². The van der Waals surface area contributed by atoms with Crippen LogP contribution in [0.5, 0.6) is 0 Å². The Hall–Kier alpha value is -3.08. The molecule has 1 fully saturated rings. The zero-order valence-electron chi connectivity index (χ0n) is 16.4. The summed E-state index contributed by atoms with van der Waals surface area (Å²) in [7, 11) is 3.92. The summed E-state index contributed by atoms with van der Waals surface area (Å²) in [5.41, 5.74) is 2.29. The summed E-state index contributed by atoms with van der Waals surface area (Å²) in [6, 6.07) is 18.9. The van der Waals surface area contributed by atoms with E-state index in [1.807, 2.05) is 36.0 Å². The van der Waals surface area contributed by atoms with Crippen molar-refractivity contribution in [1.29, 1.82) is 0 Å². The minimum absolute atomic E-state index is 0.00125. The van der Waals surface area contributed by atoms with Crippen molar-refractivity contribution in [3.8, 4) is 0 Å². The van der Waals surface area contributed by atoms with Gasteiger partial charge in [-0.3, -0.25) is 0 Å². The number of urea groups is 1. The highest BCUT2D eigenvalue weighted by Crippen LogP contribution is 2.35. The Balaban J connectivity index is 1.50. The molecule has 1 N–H and O–H groups in total. The predicted molar refractivity (Wildman–Crippen MR) is 113 cm³/mol. The Labute approximate surface area is 166 Å². The van der Waals surface area contributed by atoms with Crippen LogP contribution < -0.4 is 10.2 Å². The Kier molecular flexibility index (Phi) is 5.15. The number of hydrogen-bond acceptors (Lipinski definition) is 3. The molecule has 1 aliphatic heterocycles. The number of hydrogen-bond donors (Lipinski definition) is 1. The molecule has 1 saturated heterocycles. The van der Waals surface area contributed by atoms with Gasteiger partial charge < -0.3 is 15.1 Å². The third-order valence-corrected chi connectivity index (χ3v) is 5.41. The largest absolute Gasteiger partial charge is 0.363 e. The molecule has 1 aliphatic rings. The average molecular weight is 374 g/mol. The number of benzene rings is 2. The summed E-state index contributed by atoms with van der Waals surface area (Å²) in [5, 5.41) is 5.55. The van der Waals surface area contributed by atoms with E-state index in [4.69, 9.17) is 0 Å². The van der Waals surface area contributed by atoms with Gasteiger partial charge in [-0.1, -0.05) is 42.5 Å². The minimum Gasteiger partial charge on any atom is -0.363 e. The molecule has 0 radical (unpaired) electrons. The molecular formula is C23H26N4O. The fourth-order valence-corrected chi connectivity index (χ4v) is 3.97. The van der Waals surface area contributed by atoms with E-state index < -0.39 is 0 Å². The topological polar surface area (TPSA) is 48.5 Å². The smallest absolute Gasteiger partial charge is 0.318 e. The lowest BCUT2D eigenvalue weighted by Gasteiger charge is -2.26. The summed E-state index contributed by atoms with van der Waals surface area (Å²) in [6.45, 7) is 1.29. The Morgan fingerprint density at radius 1 is 1.18 bits per heavy atom. The molecule has 2 amide bonds. The molecule has 28 heavy (non-hydrogen) atoms. The molecule has 5 heteroatoms. The molecule has 0 aliphatic carbocycles. The number of carbonyl (C=O) groups is 1. The quantitative estimate of drug-likeness (QED) is 0.739. The molecule has 2 heterocycles. The molecule has 0 spiro atoms. The first-order valence-corrected chi connectivity index (χ1v) is 9.78. The van der Waals surface area contributed by atoms with Crippen molar-refractivity contribution in [2.45, 2.75) is 25.4 Å². The lowest BCUT2D eigenvalue weighted by atomic mass is 9.97. The standard InChI is InChI=1S/C23H26N4O/c1-26(2)22-15-17(12-13-24-22)16-25-23(28)27-14-6-11-21(27)20-10-5-8-18-7-3-4-9-19(18)20/h3-5,7-10,12-13,15,21H,6,11,14,16H2,1-2H3,(H,25,28). The maximum Gasteiger partial charge on any atom is 0.318 e. The van der Waals surface area contributed by atoms with Crippen LogP contribution in [0.1, 0.15) is 30.0 Å². The van der Waals surface area contributed by atoms with Crippen LogP contribution in [-0.2, 0) is 6.54 Å². The zero-order valence-corrected chi connectivity index (χ0v) is 16.4. The first-order valence-electron chi connectivity index (χ1n) is 9.78. The van der Waals surface area contributed by atoms with Gasteiger partial charge in [-0.05, 0) is 46.9 Å². The van der Waals surface area contributed by atoms with Gasteiger partial charge in [0.2, 0.25) is 0 Å². The normalized spacial score (nSPS) is 16.4. The van der Waals surface area contributed by atoms with Crippen LogP contribution in [0.2, 0.25) is 0 Å². The van der Waals surface area contributed by atoms with Gasteiger partial charge in [0.1, 0.15) is 5.82 Å². The van der Waals surface area contributed by atoms with Crippen LogP contribution in [0.3, 0.4) is 0 Å². The van der Waals surface area contributed by atoms with E-state index >= 15 is 0 Å². The number of nitrogens with one attached hydrogen (secondary N) is 1. The summed E-state index contributed by atoms with van der Waals surface area (Å²) in [5.74, 6) is 0.890. The molecular weight excluding hydrogens is 348 g/mol. The highest BCUT2D eigenvalue weighted by atomic mass is 16.2. The van der Waals surface area contributed by atoms with Crippen molar-refractivity contribution in [1.82, 2.24) is 15.2 Å². The van der Waals surface area contributed by atoms with E-state index in [-0.39, 0.29) is 12.1 Å². The predicted octanol–water partition coefficient (Wildman–Crippen LogP) is 4.35. The van der Waals surface area contributed by atoms with Gasteiger partial charge >= 0.3 is 6.03 Å². The van der Waals surface area contributed by atoms with E-state index in [0.717, 1.165) is 30.8 Å². The third kappa shape index (κ3) is 3.65. The summed E-state index contributed by atoms with van der Waals surface area (Å²) < 4.78 is 0. The lowest BCUT2D eigenvalue weighted by molar-refractivity contribution is 0.193. The number of aromatic nitrogens is 1. The van der Waals surface area contributed by atoms with Gasteiger partial charge in [-0.25, -0.2) is 9.78 Å². The highest BCUT2D eigenvalue weighted by Gasteiger charge is 2.30. The Morgan fingerprint density at radius 3 is 2.86 bits per heavy atom. The number of fused-ring (bicyclic) bond motifs is 1. The highest BCUT2D eigenvalue weighted by molar-refractivity contribution is 5.87. The van der Waals surface area contributed by atoms with Crippen LogP contribution in [0, 0.1) is 0 Å². The van der Waals surface area contributed by atoms with E-state index in [1.54, 1.807) is 6.20 Å². The number of amides is 2. The fourth-order valence-electron chi connectivity index (χ4n) is 3.97. The molecule has 5 nitrogen and oxygen atoms in total. The molecule has 0 bridgehead atoms. The van der Waals surface area contributed by atoms with Gasteiger partial charge in [0.15, 0.2) is 0 Å². The SMILES string of the molecule is CN(C)c1cc(CNC(=O)N2CCCC2c2cccc3ccccc23)ccn1. The molecule has 1 aromatic heterocycles. The number of likely N-dealkylation sites (tertiary alicyclic amines) is 1. The fraction of sp³-hybridized carbons (Fsp3) is 0.304. The Morgan fingerprint density at radius 2 is 2.00 bits per heavy atom. The second kappa shape index (κ2) is 7.89. The summed E-state index contributed by atoms with van der Waals surface area (Å²) in [6.07, 6.45) is 3.81. The van der Waals surface area contributed by atoms with Crippen molar-refractivity contribution >= 4 is 22.6 Å². The minimum atomic E-state index is -0.00125. The number of carbonyl (C=O) groups excluding carboxylic acids is 1. The van der Waals surface area contributed by atoms with E-state index in [2.05, 4.69) is 52.8 Å². The van der Waals surface area contributed by atoms with Crippen molar-refractivity contribution in [2.75, 3.05) is 25.5 Å². The molecule has 3 aromatic rings. The van der Waals surface area contributed by atoms with Gasteiger partial charge in [0.25, 0.3) is 0 Å². The Bertz CT molecular complexity index is 980. The molecule has 0 saturated carbocycles. The van der Waals surface area contributed by atoms with Gasteiger partial charge in [-0.15, -0.1) is 0 Å². The van der Waals surface area contributed by atoms with Crippen LogP contribution in [0.15, 0.2) is 60.8 Å². The molecule has 1 atom stereocenters. The number of rotatable bonds is 4. The van der Waals surface area contributed by atoms with Crippen molar-refractivity contribution in [3.63, 3.8) is 0 Å². The second-order valence-electron chi connectivity index (χ2n) is 7.50. The van der Waals surface area contributed by atoms with E-state index in [0.29, 0.717) is 6.54 Å².